The van der Waals surface area contributed by atoms with Gasteiger partial charge in [0.25, 0.3) is 0 Å². The summed E-state index contributed by atoms with van der Waals surface area (Å²) in [6.45, 7) is 4.10. The monoisotopic (exact) mass is 358 g/mol. The summed E-state index contributed by atoms with van der Waals surface area (Å²) < 4.78 is 3.78. The van der Waals surface area contributed by atoms with Gasteiger partial charge >= 0.3 is 0 Å². The number of aromatic nitrogens is 7. The zero-order chi connectivity index (χ0) is 18.6. The molecule has 1 N–H and O–H groups in total. The van der Waals surface area contributed by atoms with Crippen LogP contribution in [0.25, 0.3) is 28.2 Å². The van der Waals surface area contributed by atoms with E-state index in [4.69, 9.17) is 10.2 Å². The normalized spacial score (nSPS) is 21.9. The fraction of sp³-hybridized carbons (Fsp3) is 0.316. The van der Waals surface area contributed by atoms with Crippen LogP contribution in [0, 0.1) is 24.2 Å². The number of nitrogens with one attached hydrogen (secondary N) is 1. The van der Waals surface area contributed by atoms with E-state index in [9.17, 15) is 0 Å². The van der Waals surface area contributed by atoms with Crippen LogP contribution in [0.1, 0.15) is 25.5 Å². The van der Waals surface area contributed by atoms with Gasteiger partial charge in [-0.2, -0.15) is 20.6 Å². The van der Waals surface area contributed by atoms with Crippen molar-refractivity contribution >= 4 is 5.52 Å². The predicted octanol–water partition coefficient (Wildman–Crippen LogP) is 2.94. The molecule has 0 saturated heterocycles. The number of hydrogen-bond donors (Lipinski definition) is 1. The summed E-state index contributed by atoms with van der Waals surface area (Å²) in [6.07, 6.45) is 9.14. The third-order valence-electron chi connectivity index (χ3n) is 5.32. The molecule has 1 aliphatic rings. The van der Waals surface area contributed by atoms with Crippen LogP contribution in [-0.4, -0.2) is 34.6 Å². The van der Waals surface area contributed by atoms with E-state index >= 15 is 0 Å². The van der Waals surface area contributed by atoms with Crippen LogP contribution in [0.15, 0.2) is 36.9 Å². The van der Waals surface area contributed by atoms with Crippen LogP contribution in [0.4, 0.5) is 0 Å². The van der Waals surface area contributed by atoms with Crippen LogP contribution in [0.5, 0.6) is 0 Å². The van der Waals surface area contributed by atoms with Gasteiger partial charge in [0.05, 0.1) is 47.3 Å². The average molecular weight is 358 g/mol. The molecule has 0 aliphatic heterocycles. The molecule has 1 saturated carbocycles. The van der Waals surface area contributed by atoms with Gasteiger partial charge in [-0.1, -0.05) is 0 Å². The first-order valence-electron chi connectivity index (χ1n) is 8.88. The minimum Gasteiger partial charge on any atom is -0.282 e. The second-order valence-electron chi connectivity index (χ2n) is 7.48. The number of nitriles is 1. The number of fused-ring (bicyclic) bond motifs is 1. The van der Waals surface area contributed by atoms with Crippen molar-refractivity contribution in [3.05, 3.63) is 42.6 Å². The van der Waals surface area contributed by atoms with E-state index < -0.39 is 0 Å². The smallest absolute Gasteiger partial charge is 0.112 e. The fourth-order valence-corrected chi connectivity index (χ4v) is 3.83. The topological polar surface area (TPSA) is 100 Å². The SMILES string of the molecule is Cc1cc(-c2cn3nccc3c(-c3cnn(C4(C)CC(C#N)C4)c3)n2)n[nH]1. The molecule has 1 fully saturated rings. The van der Waals surface area contributed by atoms with E-state index in [1.54, 1.807) is 6.20 Å². The Kier molecular flexibility index (Phi) is 3.22. The van der Waals surface area contributed by atoms with Crippen LogP contribution in [-0.2, 0) is 5.54 Å². The highest BCUT2D eigenvalue weighted by Gasteiger charge is 2.42. The maximum atomic E-state index is 9.08. The number of hydrogen-bond acceptors (Lipinski definition) is 5. The summed E-state index contributed by atoms with van der Waals surface area (Å²) in [7, 11) is 0. The molecule has 4 heterocycles. The van der Waals surface area contributed by atoms with E-state index in [1.165, 1.54) is 0 Å². The van der Waals surface area contributed by atoms with Crippen molar-refractivity contribution in [2.45, 2.75) is 32.2 Å². The number of nitrogens with zero attached hydrogens (tertiary/aromatic N) is 7. The zero-order valence-corrected chi connectivity index (χ0v) is 15.1. The van der Waals surface area contributed by atoms with Crippen LogP contribution in [0.3, 0.4) is 0 Å². The summed E-state index contributed by atoms with van der Waals surface area (Å²) >= 11 is 0. The van der Waals surface area contributed by atoms with Crippen molar-refractivity contribution in [3.63, 3.8) is 0 Å². The molecule has 0 radical (unpaired) electrons. The molecule has 0 amide bonds. The van der Waals surface area contributed by atoms with Crippen LogP contribution < -0.4 is 0 Å². The molecular weight excluding hydrogens is 340 g/mol. The molecule has 134 valence electrons. The van der Waals surface area contributed by atoms with Gasteiger partial charge in [-0.15, -0.1) is 0 Å². The van der Waals surface area contributed by atoms with Crippen molar-refractivity contribution in [1.82, 2.24) is 34.6 Å². The fourth-order valence-electron chi connectivity index (χ4n) is 3.83. The predicted molar refractivity (Wildman–Crippen MR) is 98.5 cm³/mol. The summed E-state index contributed by atoms with van der Waals surface area (Å²) in [5.41, 5.74) is 5.06. The van der Waals surface area contributed by atoms with Gasteiger partial charge in [0.2, 0.25) is 0 Å². The quantitative estimate of drug-likeness (QED) is 0.607. The van der Waals surface area contributed by atoms with Gasteiger partial charge in [0.1, 0.15) is 11.4 Å². The summed E-state index contributed by atoms with van der Waals surface area (Å²) in [6, 6.07) is 6.24. The average Bonchev–Trinajstić information content (AvgIpc) is 3.37. The highest BCUT2D eigenvalue weighted by Crippen LogP contribution is 2.43. The molecule has 0 atom stereocenters. The van der Waals surface area contributed by atoms with Crippen LogP contribution >= 0.6 is 0 Å². The number of aromatic amines is 1. The molecule has 0 spiro atoms. The van der Waals surface area contributed by atoms with Gasteiger partial charge in [0.15, 0.2) is 0 Å². The molecule has 8 nitrogen and oxygen atoms in total. The van der Waals surface area contributed by atoms with Crippen molar-refractivity contribution in [1.29, 1.82) is 5.26 Å². The third-order valence-corrected chi connectivity index (χ3v) is 5.32. The minimum atomic E-state index is -0.105. The van der Waals surface area contributed by atoms with E-state index in [1.807, 2.05) is 46.8 Å². The molecule has 0 aromatic carbocycles. The largest absolute Gasteiger partial charge is 0.282 e. The van der Waals surface area contributed by atoms with Gasteiger partial charge in [-0.25, -0.2) is 9.50 Å². The number of rotatable bonds is 3. The lowest BCUT2D eigenvalue weighted by molar-refractivity contribution is 0.105. The molecule has 1 aliphatic carbocycles. The highest BCUT2D eigenvalue weighted by molar-refractivity contribution is 5.77. The highest BCUT2D eigenvalue weighted by atomic mass is 15.3. The van der Waals surface area contributed by atoms with E-state index in [0.29, 0.717) is 0 Å². The van der Waals surface area contributed by atoms with Gasteiger partial charge < -0.3 is 0 Å². The Morgan fingerprint density at radius 2 is 2.11 bits per heavy atom. The lowest BCUT2D eigenvalue weighted by Crippen LogP contribution is -2.43. The van der Waals surface area contributed by atoms with Crippen molar-refractivity contribution in [3.8, 4) is 28.7 Å². The van der Waals surface area contributed by atoms with Crippen molar-refractivity contribution < 1.29 is 0 Å². The molecule has 4 aromatic rings. The first-order valence-corrected chi connectivity index (χ1v) is 8.88. The zero-order valence-electron chi connectivity index (χ0n) is 15.1. The molecule has 0 unspecified atom stereocenters. The maximum absolute atomic E-state index is 9.08. The van der Waals surface area contributed by atoms with Gasteiger partial charge in [-0.3, -0.25) is 9.78 Å². The Bertz CT molecular complexity index is 1180. The third kappa shape index (κ3) is 2.43. The molecule has 4 aromatic heterocycles. The number of H-pyrrole nitrogens is 1. The lowest BCUT2D eigenvalue weighted by atomic mass is 9.70. The molecule has 8 heteroatoms. The first kappa shape index (κ1) is 15.8. The maximum Gasteiger partial charge on any atom is 0.112 e. The Morgan fingerprint density at radius 1 is 1.26 bits per heavy atom. The molecule has 27 heavy (non-hydrogen) atoms. The molecule has 0 bridgehead atoms. The minimum absolute atomic E-state index is 0.105. The Balaban J connectivity index is 1.59. The second kappa shape index (κ2) is 5.51. The van der Waals surface area contributed by atoms with Gasteiger partial charge in [0, 0.05) is 17.5 Å². The van der Waals surface area contributed by atoms with E-state index in [0.717, 1.165) is 46.7 Å². The summed E-state index contributed by atoms with van der Waals surface area (Å²) in [5, 5.41) is 25.3. The van der Waals surface area contributed by atoms with E-state index in [-0.39, 0.29) is 11.5 Å². The molecule has 5 rings (SSSR count). The Hall–Kier alpha value is -3.47. The Labute approximate surface area is 155 Å². The first-order chi connectivity index (χ1) is 13.1. The van der Waals surface area contributed by atoms with Gasteiger partial charge in [-0.05, 0) is 38.8 Å². The molecular formula is C19H18N8. The second-order valence-corrected chi connectivity index (χ2v) is 7.48. The van der Waals surface area contributed by atoms with Crippen molar-refractivity contribution in [2.75, 3.05) is 0 Å². The lowest BCUT2D eigenvalue weighted by Gasteiger charge is -2.42. The summed E-state index contributed by atoms with van der Waals surface area (Å²) in [5.74, 6) is 0.119. The number of aryl methyl sites for hydroxylation is 1. The standard InChI is InChI=1S/C19H18N8/c1-12-5-15(25-24-12)16-11-26-17(3-4-21-26)18(23-16)14-9-22-27(10-14)19(2)6-13(7-19)8-20/h3-5,9-11,13H,6-7H2,1-2H3,(H,24,25). The van der Waals surface area contributed by atoms with Crippen LogP contribution in [0.2, 0.25) is 0 Å². The Morgan fingerprint density at radius 3 is 2.85 bits per heavy atom. The summed E-state index contributed by atoms with van der Waals surface area (Å²) in [4.78, 5) is 4.85. The van der Waals surface area contributed by atoms with Crippen molar-refractivity contribution in [2.24, 2.45) is 5.92 Å². The van der Waals surface area contributed by atoms with E-state index in [2.05, 4.69) is 33.4 Å².